The summed E-state index contributed by atoms with van der Waals surface area (Å²) in [5, 5.41) is 4.17. The Kier molecular flexibility index (Phi) is 6.07. The van der Waals surface area contributed by atoms with Crippen molar-refractivity contribution in [1.82, 2.24) is 4.98 Å². The molecule has 0 fully saturated rings. The number of carbonyl (C=O) groups excluding carboxylic acids is 3. The lowest BCUT2D eigenvalue weighted by molar-refractivity contribution is -0.114. The van der Waals surface area contributed by atoms with Crippen LogP contribution < -0.4 is 14.8 Å². The van der Waals surface area contributed by atoms with Crippen LogP contribution in [0.1, 0.15) is 27.8 Å². The van der Waals surface area contributed by atoms with Crippen LogP contribution in [-0.4, -0.2) is 43.5 Å². The summed E-state index contributed by atoms with van der Waals surface area (Å²) >= 11 is 1.08. The number of Topliss-reactive ketones (excluding diaryl/α,β-unsaturated/α-hetero) is 1. The monoisotopic (exact) mass is 364 g/mol. The summed E-state index contributed by atoms with van der Waals surface area (Å²) in [7, 11) is 2.91. The number of benzene rings is 1. The van der Waals surface area contributed by atoms with Crippen molar-refractivity contribution in [2.75, 3.05) is 26.1 Å². The molecule has 1 aromatic carbocycles. The molecule has 0 unspecified atom stereocenters. The van der Waals surface area contributed by atoms with Gasteiger partial charge in [-0.25, -0.2) is 9.78 Å². The highest BCUT2D eigenvalue weighted by molar-refractivity contribution is 7.14. The standard InChI is InChI=1S/C16H16N2O6S/c1-9(19)17-16-18-12(8-25-16)15(21)24-7-13(20)11-6-10(22-2)4-5-14(11)23-3/h4-6,8H,7H2,1-3H3,(H,17,18,19). The van der Waals surface area contributed by atoms with Gasteiger partial charge in [0.25, 0.3) is 0 Å². The Morgan fingerprint density at radius 2 is 1.96 bits per heavy atom. The highest BCUT2D eigenvalue weighted by atomic mass is 32.1. The van der Waals surface area contributed by atoms with E-state index in [0.717, 1.165) is 11.3 Å². The molecule has 2 rings (SSSR count). The van der Waals surface area contributed by atoms with Gasteiger partial charge in [-0.1, -0.05) is 0 Å². The van der Waals surface area contributed by atoms with Gasteiger partial charge in [0.2, 0.25) is 11.7 Å². The van der Waals surface area contributed by atoms with Gasteiger partial charge in [0, 0.05) is 12.3 Å². The average molecular weight is 364 g/mol. The number of nitrogens with one attached hydrogen (secondary N) is 1. The summed E-state index contributed by atoms with van der Waals surface area (Å²) in [6, 6.07) is 4.75. The molecule has 1 heterocycles. The summed E-state index contributed by atoms with van der Waals surface area (Å²) in [6.07, 6.45) is 0. The second-order valence-electron chi connectivity index (χ2n) is 4.78. The van der Waals surface area contributed by atoms with Gasteiger partial charge in [-0.2, -0.15) is 0 Å². The van der Waals surface area contributed by atoms with Crippen LogP contribution in [0.2, 0.25) is 0 Å². The average Bonchev–Trinajstić information content (AvgIpc) is 3.06. The number of esters is 1. The Labute approximate surface area is 147 Å². The Hall–Kier alpha value is -2.94. The summed E-state index contributed by atoms with van der Waals surface area (Å²) in [6.45, 7) is 0.856. The molecule has 1 N–H and O–H groups in total. The molecule has 132 valence electrons. The molecular formula is C16H16N2O6S. The van der Waals surface area contributed by atoms with Crippen LogP contribution >= 0.6 is 11.3 Å². The number of aromatic nitrogens is 1. The summed E-state index contributed by atoms with van der Waals surface area (Å²) in [5.41, 5.74) is 0.256. The van der Waals surface area contributed by atoms with E-state index in [1.165, 1.54) is 32.6 Å². The van der Waals surface area contributed by atoms with Crippen molar-refractivity contribution in [2.45, 2.75) is 6.92 Å². The number of hydrogen-bond donors (Lipinski definition) is 1. The Morgan fingerprint density at radius 1 is 1.20 bits per heavy atom. The van der Waals surface area contributed by atoms with Gasteiger partial charge in [-0.3, -0.25) is 9.59 Å². The number of ketones is 1. The molecule has 0 aliphatic rings. The normalized spacial score (nSPS) is 10.0. The molecule has 8 nitrogen and oxygen atoms in total. The SMILES string of the molecule is COc1ccc(OC)c(C(=O)COC(=O)c2csc(NC(C)=O)n2)c1. The molecule has 0 aliphatic carbocycles. The van der Waals surface area contributed by atoms with Crippen molar-refractivity contribution in [3.05, 3.63) is 34.8 Å². The zero-order chi connectivity index (χ0) is 18.4. The molecule has 0 atom stereocenters. The van der Waals surface area contributed by atoms with Gasteiger partial charge in [-0.15, -0.1) is 11.3 Å². The lowest BCUT2D eigenvalue weighted by Gasteiger charge is -2.09. The number of amides is 1. The minimum atomic E-state index is -0.761. The van der Waals surface area contributed by atoms with Gasteiger partial charge in [0.15, 0.2) is 17.4 Å². The van der Waals surface area contributed by atoms with E-state index >= 15 is 0 Å². The van der Waals surface area contributed by atoms with E-state index in [0.29, 0.717) is 11.5 Å². The molecule has 0 bridgehead atoms. The molecule has 25 heavy (non-hydrogen) atoms. The second kappa shape index (κ2) is 8.25. The number of ether oxygens (including phenoxy) is 3. The molecule has 9 heteroatoms. The van der Waals surface area contributed by atoms with Crippen LogP contribution in [0.3, 0.4) is 0 Å². The molecular weight excluding hydrogens is 348 g/mol. The van der Waals surface area contributed by atoms with Crippen molar-refractivity contribution in [2.24, 2.45) is 0 Å². The molecule has 0 saturated heterocycles. The number of hydrogen-bond acceptors (Lipinski definition) is 8. The minimum absolute atomic E-state index is 0.0131. The van der Waals surface area contributed by atoms with Crippen LogP contribution in [0.25, 0.3) is 0 Å². The molecule has 0 saturated carbocycles. The number of anilines is 1. The Morgan fingerprint density at radius 3 is 2.60 bits per heavy atom. The lowest BCUT2D eigenvalue weighted by atomic mass is 10.1. The van der Waals surface area contributed by atoms with E-state index in [1.807, 2.05) is 0 Å². The van der Waals surface area contributed by atoms with Crippen LogP contribution in [0.15, 0.2) is 23.6 Å². The maximum atomic E-state index is 12.3. The smallest absolute Gasteiger partial charge is 0.358 e. The van der Waals surface area contributed by atoms with Crippen LogP contribution in [0, 0.1) is 0 Å². The molecule has 1 amide bonds. The third-order valence-corrected chi connectivity index (χ3v) is 3.80. The quantitative estimate of drug-likeness (QED) is 0.593. The maximum Gasteiger partial charge on any atom is 0.358 e. The van der Waals surface area contributed by atoms with Crippen LogP contribution in [-0.2, 0) is 9.53 Å². The first-order chi connectivity index (χ1) is 11.9. The van der Waals surface area contributed by atoms with E-state index in [2.05, 4.69) is 10.3 Å². The largest absolute Gasteiger partial charge is 0.497 e. The molecule has 0 spiro atoms. The Balaban J connectivity index is 2.03. The second-order valence-corrected chi connectivity index (χ2v) is 5.64. The first-order valence-electron chi connectivity index (χ1n) is 7.10. The molecule has 1 aromatic heterocycles. The summed E-state index contributed by atoms with van der Waals surface area (Å²) in [4.78, 5) is 39.1. The predicted octanol–water partition coefficient (Wildman–Crippen LogP) is 2.16. The van der Waals surface area contributed by atoms with Crippen LogP contribution in [0.4, 0.5) is 5.13 Å². The minimum Gasteiger partial charge on any atom is -0.497 e. The summed E-state index contributed by atoms with van der Waals surface area (Å²) < 4.78 is 15.2. The van der Waals surface area contributed by atoms with Crippen molar-refractivity contribution >= 4 is 34.1 Å². The predicted molar refractivity (Wildman–Crippen MR) is 90.6 cm³/mol. The number of carbonyl (C=O) groups is 3. The van der Waals surface area contributed by atoms with Gasteiger partial charge in [0.1, 0.15) is 11.5 Å². The number of nitrogens with zero attached hydrogens (tertiary/aromatic N) is 1. The van der Waals surface area contributed by atoms with E-state index < -0.39 is 18.4 Å². The van der Waals surface area contributed by atoms with Crippen molar-refractivity contribution in [3.8, 4) is 11.5 Å². The van der Waals surface area contributed by atoms with E-state index in [1.54, 1.807) is 12.1 Å². The van der Waals surface area contributed by atoms with Crippen LogP contribution in [0.5, 0.6) is 11.5 Å². The van der Waals surface area contributed by atoms with Crippen molar-refractivity contribution in [1.29, 1.82) is 0 Å². The van der Waals surface area contributed by atoms with Crippen molar-refractivity contribution in [3.63, 3.8) is 0 Å². The zero-order valence-corrected chi connectivity index (χ0v) is 14.6. The number of methoxy groups -OCH3 is 2. The van der Waals surface area contributed by atoms with E-state index in [9.17, 15) is 14.4 Å². The zero-order valence-electron chi connectivity index (χ0n) is 13.8. The van der Waals surface area contributed by atoms with E-state index in [4.69, 9.17) is 14.2 Å². The molecule has 0 radical (unpaired) electrons. The third-order valence-electron chi connectivity index (χ3n) is 3.04. The number of rotatable bonds is 7. The number of thiazole rings is 1. The highest BCUT2D eigenvalue weighted by Crippen LogP contribution is 2.24. The van der Waals surface area contributed by atoms with Crippen molar-refractivity contribution < 1.29 is 28.6 Å². The van der Waals surface area contributed by atoms with E-state index in [-0.39, 0.29) is 22.3 Å². The topological polar surface area (TPSA) is 104 Å². The lowest BCUT2D eigenvalue weighted by Crippen LogP contribution is -2.15. The fraction of sp³-hybridized carbons (Fsp3) is 0.250. The summed E-state index contributed by atoms with van der Waals surface area (Å²) in [5.74, 6) is -0.669. The first kappa shape index (κ1) is 18.4. The van der Waals surface area contributed by atoms with Gasteiger partial charge in [0.05, 0.1) is 19.8 Å². The fourth-order valence-electron chi connectivity index (χ4n) is 1.89. The Bertz CT molecular complexity index is 802. The highest BCUT2D eigenvalue weighted by Gasteiger charge is 2.18. The fourth-order valence-corrected chi connectivity index (χ4v) is 2.62. The third kappa shape index (κ3) is 4.77. The van der Waals surface area contributed by atoms with Gasteiger partial charge >= 0.3 is 5.97 Å². The van der Waals surface area contributed by atoms with Gasteiger partial charge < -0.3 is 19.5 Å². The maximum absolute atomic E-state index is 12.3. The van der Waals surface area contributed by atoms with Gasteiger partial charge in [-0.05, 0) is 18.2 Å². The molecule has 0 aliphatic heterocycles. The first-order valence-corrected chi connectivity index (χ1v) is 7.98. The molecule has 2 aromatic rings.